The molecule has 4 rings (SSSR count). The predicted octanol–water partition coefficient (Wildman–Crippen LogP) is 5.30. The van der Waals surface area contributed by atoms with Gasteiger partial charge in [-0.05, 0) is 59.7 Å². The fourth-order valence-corrected chi connectivity index (χ4v) is 4.59. The van der Waals surface area contributed by atoms with Crippen molar-refractivity contribution in [2.45, 2.75) is 45.2 Å². The summed E-state index contributed by atoms with van der Waals surface area (Å²) in [6.07, 6.45) is 1.65. The zero-order valence-corrected chi connectivity index (χ0v) is 20.8. The van der Waals surface area contributed by atoms with Crippen LogP contribution in [-0.4, -0.2) is 47.9 Å². The summed E-state index contributed by atoms with van der Waals surface area (Å²) in [6.45, 7) is 5.53. The standard InChI is InChI=1S/C30H34N2O3/c1-22(2)25-12-9-24(10-13-25)19-32-27(16-11-23-7-5-4-6-8-23)20-31(21-29(32)33)30(34)26-14-17-28(35-3)18-15-26/h4-10,12-15,17-18,22,27H,11,16,19-21H2,1-3H3/t27-/m0/s1. The molecule has 182 valence electrons. The summed E-state index contributed by atoms with van der Waals surface area (Å²) in [5.74, 6) is 1.04. The Morgan fingerprint density at radius 2 is 1.63 bits per heavy atom. The SMILES string of the molecule is COc1ccc(C(=O)N2CC(=O)N(Cc3ccc(C(C)C)cc3)[C@@H](CCc3ccccc3)C2)cc1. The number of carbonyl (C=O) groups is 2. The van der Waals surface area contributed by atoms with Crippen molar-refractivity contribution in [2.75, 3.05) is 20.2 Å². The highest BCUT2D eigenvalue weighted by Gasteiger charge is 2.34. The molecule has 0 bridgehead atoms. The minimum Gasteiger partial charge on any atom is -0.497 e. The highest BCUT2D eigenvalue weighted by atomic mass is 16.5. The van der Waals surface area contributed by atoms with E-state index in [0.717, 1.165) is 18.4 Å². The van der Waals surface area contributed by atoms with Crippen molar-refractivity contribution in [3.63, 3.8) is 0 Å². The van der Waals surface area contributed by atoms with Crippen molar-refractivity contribution in [1.29, 1.82) is 0 Å². The second kappa shape index (κ2) is 11.2. The van der Waals surface area contributed by atoms with Crippen LogP contribution in [0.15, 0.2) is 78.9 Å². The lowest BCUT2D eigenvalue weighted by molar-refractivity contribution is -0.139. The van der Waals surface area contributed by atoms with Gasteiger partial charge in [-0.1, -0.05) is 68.4 Å². The topological polar surface area (TPSA) is 49.9 Å². The van der Waals surface area contributed by atoms with E-state index in [1.807, 2.05) is 23.1 Å². The van der Waals surface area contributed by atoms with Crippen LogP contribution in [-0.2, 0) is 17.8 Å². The fourth-order valence-electron chi connectivity index (χ4n) is 4.59. The third kappa shape index (κ3) is 6.10. The Kier molecular flexibility index (Phi) is 7.86. The summed E-state index contributed by atoms with van der Waals surface area (Å²) in [5, 5.41) is 0. The Bertz CT molecular complexity index is 1120. The van der Waals surface area contributed by atoms with Gasteiger partial charge in [-0.2, -0.15) is 0 Å². The van der Waals surface area contributed by atoms with Gasteiger partial charge in [0.15, 0.2) is 0 Å². The van der Waals surface area contributed by atoms with Crippen molar-refractivity contribution in [3.05, 3.63) is 101 Å². The molecule has 0 unspecified atom stereocenters. The third-order valence-corrected chi connectivity index (χ3v) is 6.75. The lowest BCUT2D eigenvalue weighted by atomic mass is 9.99. The molecule has 2 amide bonds. The maximum Gasteiger partial charge on any atom is 0.254 e. The van der Waals surface area contributed by atoms with E-state index in [1.165, 1.54) is 11.1 Å². The van der Waals surface area contributed by atoms with E-state index in [2.05, 4.69) is 50.2 Å². The highest BCUT2D eigenvalue weighted by molar-refractivity contribution is 5.97. The molecule has 0 aromatic heterocycles. The van der Waals surface area contributed by atoms with E-state index in [4.69, 9.17) is 4.74 Å². The second-order valence-electron chi connectivity index (χ2n) is 9.51. The molecule has 35 heavy (non-hydrogen) atoms. The summed E-state index contributed by atoms with van der Waals surface area (Å²) in [7, 11) is 1.60. The van der Waals surface area contributed by atoms with Crippen LogP contribution in [0.5, 0.6) is 5.75 Å². The average molecular weight is 471 g/mol. The molecule has 1 heterocycles. The zero-order chi connectivity index (χ0) is 24.8. The molecule has 5 nitrogen and oxygen atoms in total. The minimum absolute atomic E-state index is 0.0101. The molecule has 1 aliphatic heterocycles. The van der Waals surface area contributed by atoms with Crippen LogP contribution < -0.4 is 4.74 Å². The summed E-state index contributed by atoms with van der Waals surface area (Å²) in [6, 6.07) is 25.8. The Labute approximate surface area is 208 Å². The summed E-state index contributed by atoms with van der Waals surface area (Å²) >= 11 is 0. The first-order valence-corrected chi connectivity index (χ1v) is 12.3. The molecule has 3 aromatic rings. The van der Waals surface area contributed by atoms with E-state index in [9.17, 15) is 9.59 Å². The average Bonchev–Trinajstić information content (AvgIpc) is 2.89. The molecule has 1 aliphatic rings. The fraction of sp³-hybridized carbons (Fsp3) is 0.333. The number of amides is 2. The van der Waals surface area contributed by atoms with Gasteiger partial charge in [-0.25, -0.2) is 0 Å². The molecule has 5 heteroatoms. The number of nitrogens with zero attached hydrogens (tertiary/aromatic N) is 2. The summed E-state index contributed by atoms with van der Waals surface area (Å²) < 4.78 is 5.21. The normalized spacial score (nSPS) is 16.0. The van der Waals surface area contributed by atoms with E-state index >= 15 is 0 Å². The molecule has 1 fully saturated rings. The molecule has 0 N–H and O–H groups in total. The second-order valence-corrected chi connectivity index (χ2v) is 9.51. The van der Waals surface area contributed by atoms with Crippen molar-refractivity contribution in [3.8, 4) is 5.75 Å². The van der Waals surface area contributed by atoms with Crippen LogP contribution in [0.3, 0.4) is 0 Å². The number of piperazine rings is 1. The monoisotopic (exact) mass is 470 g/mol. The smallest absolute Gasteiger partial charge is 0.254 e. The number of hydrogen-bond acceptors (Lipinski definition) is 3. The first-order valence-electron chi connectivity index (χ1n) is 12.3. The van der Waals surface area contributed by atoms with E-state index in [0.29, 0.717) is 30.3 Å². The van der Waals surface area contributed by atoms with E-state index in [1.54, 1.807) is 36.3 Å². The van der Waals surface area contributed by atoms with Gasteiger partial charge in [-0.3, -0.25) is 9.59 Å². The first kappa shape index (κ1) is 24.5. The Balaban J connectivity index is 1.52. The van der Waals surface area contributed by atoms with Crippen molar-refractivity contribution < 1.29 is 14.3 Å². The van der Waals surface area contributed by atoms with E-state index < -0.39 is 0 Å². The number of benzene rings is 3. The van der Waals surface area contributed by atoms with Crippen molar-refractivity contribution in [1.82, 2.24) is 9.80 Å². The predicted molar refractivity (Wildman–Crippen MR) is 139 cm³/mol. The summed E-state index contributed by atoms with van der Waals surface area (Å²) in [4.78, 5) is 30.3. The van der Waals surface area contributed by atoms with Gasteiger partial charge in [0.1, 0.15) is 12.3 Å². The van der Waals surface area contributed by atoms with Gasteiger partial charge in [0.25, 0.3) is 5.91 Å². The van der Waals surface area contributed by atoms with Crippen LogP contribution in [0.25, 0.3) is 0 Å². The lowest BCUT2D eigenvalue weighted by Crippen LogP contribution is -2.57. The summed E-state index contributed by atoms with van der Waals surface area (Å²) in [5.41, 5.74) is 4.20. The molecular formula is C30H34N2O3. The van der Waals surface area contributed by atoms with E-state index in [-0.39, 0.29) is 24.4 Å². The quantitative estimate of drug-likeness (QED) is 0.449. The van der Waals surface area contributed by atoms with Crippen molar-refractivity contribution in [2.24, 2.45) is 0 Å². The number of methoxy groups -OCH3 is 1. The molecule has 0 saturated carbocycles. The van der Waals surface area contributed by atoms with Gasteiger partial charge < -0.3 is 14.5 Å². The highest BCUT2D eigenvalue weighted by Crippen LogP contribution is 2.23. The minimum atomic E-state index is -0.119. The van der Waals surface area contributed by atoms with Gasteiger partial charge in [0, 0.05) is 18.7 Å². The molecular weight excluding hydrogens is 436 g/mol. The van der Waals surface area contributed by atoms with Crippen LogP contribution in [0, 0.1) is 0 Å². The van der Waals surface area contributed by atoms with Crippen LogP contribution in [0.4, 0.5) is 0 Å². The molecule has 1 saturated heterocycles. The molecule has 0 spiro atoms. The third-order valence-electron chi connectivity index (χ3n) is 6.75. The largest absolute Gasteiger partial charge is 0.497 e. The molecule has 0 aliphatic carbocycles. The number of carbonyl (C=O) groups excluding carboxylic acids is 2. The van der Waals surface area contributed by atoms with Gasteiger partial charge in [0.05, 0.1) is 13.2 Å². The van der Waals surface area contributed by atoms with Crippen LogP contribution in [0.2, 0.25) is 0 Å². The Morgan fingerprint density at radius 3 is 2.26 bits per heavy atom. The molecule has 1 atom stereocenters. The Morgan fingerprint density at radius 1 is 0.943 bits per heavy atom. The molecule has 0 radical (unpaired) electrons. The lowest BCUT2D eigenvalue weighted by Gasteiger charge is -2.41. The number of hydrogen-bond donors (Lipinski definition) is 0. The number of rotatable bonds is 8. The first-order chi connectivity index (χ1) is 16.9. The zero-order valence-electron chi connectivity index (χ0n) is 20.8. The number of aryl methyl sites for hydroxylation is 1. The van der Waals surface area contributed by atoms with Crippen LogP contribution >= 0.6 is 0 Å². The maximum absolute atomic E-state index is 13.4. The van der Waals surface area contributed by atoms with Gasteiger partial charge in [-0.15, -0.1) is 0 Å². The Hall–Kier alpha value is -3.60. The molecule has 3 aromatic carbocycles. The maximum atomic E-state index is 13.4. The van der Waals surface area contributed by atoms with Gasteiger partial charge in [0.2, 0.25) is 5.91 Å². The van der Waals surface area contributed by atoms with Gasteiger partial charge >= 0.3 is 0 Å². The van der Waals surface area contributed by atoms with Crippen molar-refractivity contribution >= 4 is 11.8 Å². The number of ether oxygens (including phenoxy) is 1. The van der Waals surface area contributed by atoms with Crippen LogP contribution in [0.1, 0.15) is 53.2 Å².